The lowest BCUT2D eigenvalue weighted by atomic mass is 10.3. The number of rotatable bonds is 4. The molecule has 19 heavy (non-hydrogen) atoms. The number of ether oxygens (including phenoxy) is 1. The number of nitrogens with zero attached hydrogens (tertiary/aromatic N) is 1. The number of hydrogen-bond acceptors (Lipinski definition) is 5. The molecule has 0 amide bonds. The van der Waals surface area contributed by atoms with E-state index in [4.69, 9.17) is 16.3 Å². The van der Waals surface area contributed by atoms with Crippen molar-refractivity contribution in [2.24, 2.45) is 0 Å². The Morgan fingerprint density at radius 3 is 2.79 bits per heavy atom. The molecule has 1 N–H and O–H groups in total. The third-order valence-corrected chi connectivity index (χ3v) is 4.02. The maximum atomic E-state index is 11.6. The highest BCUT2D eigenvalue weighted by Crippen LogP contribution is 2.31. The summed E-state index contributed by atoms with van der Waals surface area (Å²) >= 11 is 10.4. The molecule has 0 saturated carbocycles. The van der Waals surface area contributed by atoms with Crippen molar-refractivity contribution >= 4 is 55.7 Å². The number of benzene rings is 1. The van der Waals surface area contributed by atoms with Gasteiger partial charge in [-0.15, -0.1) is 0 Å². The smallest absolute Gasteiger partial charge is 0.359 e. The van der Waals surface area contributed by atoms with Crippen LogP contribution in [-0.2, 0) is 4.74 Å². The highest BCUT2D eigenvalue weighted by molar-refractivity contribution is 9.11. The molecule has 0 aliphatic carbocycles. The van der Waals surface area contributed by atoms with Crippen molar-refractivity contribution < 1.29 is 9.53 Å². The fourth-order valence-corrected chi connectivity index (χ4v) is 2.87. The van der Waals surface area contributed by atoms with Crippen molar-refractivity contribution in [1.82, 2.24) is 4.98 Å². The molecular formula is C12H10BrClN2O2S. The van der Waals surface area contributed by atoms with E-state index in [0.29, 0.717) is 20.5 Å². The third-order valence-electron chi connectivity index (χ3n) is 2.15. The first kappa shape index (κ1) is 14.3. The van der Waals surface area contributed by atoms with E-state index in [2.05, 4.69) is 26.2 Å². The van der Waals surface area contributed by atoms with Crippen molar-refractivity contribution in [3.05, 3.63) is 38.8 Å². The van der Waals surface area contributed by atoms with Crippen LogP contribution in [0.25, 0.3) is 0 Å². The lowest BCUT2D eigenvalue weighted by Gasteiger charge is -2.01. The number of aromatic nitrogens is 1. The summed E-state index contributed by atoms with van der Waals surface area (Å²) in [6.07, 6.45) is 0. The van der Waals surface area contributed by atoms with Crippen molar-refractivity contribution in [1.29, 1.82) is 0 Å². The monoisotopic (exact) mass is 360 g/mol. The van der Waals surface area contributed by atoms with Crippen LogP contribution in [0.4, 0.5) is 10.8 Å². The Labute approximate surface area is 127 Å². The van der Waals surface area contributed by atoms with Gasteiger partial charge in [0.25, 0.3) is 0 Å². The first-order valence-electron chi connectivity index (χ1n) is 5.46. The summed E-state index contributed by atoms with van der Waals surface area (Å²) < 4.78 is 5.56. The van der Waals surface area contributed by atoms with Gasteiger partial charge in [0, 0.05) is 10.7 Å². The average molecular weight is 362 g/mol. The number of esters is 1. The largest absolute Gasteiger partial charge is 0.461 e. The Balaban J connectivity index is 2.16. The van der Waals surface area contributed by atoms with Crippen molar-refractivity contribution in [2.45, 2.75) is 6.92 Å². The molecule has 1 heterocycles. The van der Waals surface area contributed by atoms with Crippen LogP contribution < -0.4 is 5.32 Å². The molecule has 0 atom stereocenters. The minimum absolute atomic E-state index is 0.281. The van der Waals surface area contributed by atoms with Gasteiger partial charge in [-0.25, -0.2) is 9.78 Å². The fourth-order valence-electron chi connectivity index (χ4n) is 1.34. The molecule has 0 bridgehead atoms. The zero-order valence-electron chi connectivity index (χ0n) is 9.94. The molecule has 0 radical (unpaired) electrons. The van der Waals surface area contributed by atoms with Crippen LogP contribution in [-0.4, -0.2) is 17.6 Å². The summed E-state index contributed by atoms with van der Waals surface area (Å²) in [6.45, 7) is 2.08. The van der Waals surface area contributed by atoms with E-state index in [0.717, 1.165) is 5.69 Å². The topological polar surface area (TPSA) is 51.2 Å². The molecule has 1 aromatic heterocycles. The summed E-state index contributed by atoms with van der Waals surface area (Å²) in [5.74, 6) is -0.435. The van der Waals surface area contributed by atoms with E-state index >= 15 is 0 Å². The van der Waals surface area contributed by atoms with E-state index in [1.165, 1.54) is 11.3 Å². The Hall–Kier alpha value is -1.11. The van der Waals surface area contributed by atoms with Crippen LogP contribution in [0.15, 0.2) is 28.1 Å². The van der Waals surface area contributed by atoms with Crippen molar-refractivity contribution in [3.8, 4) is 0 Å². The molecule has 0 unspecified atom stereocenters. The quantitative estimate of drug-likeness (QED) is 0.816. The second-order valence-corrected chi connectivity index (χ2v) is 6.25. The number of halogens is 2. The fraction of sp³-hybridized carbons (Fsp3) is 0.167. The lowest BCUT2D eigenvalue weighted by Crippen LogP contribution is -2.05. The van der Waals surface area contributed by atoms with E-state index in [1.54, 1.807) is 19.1 Å². The molecule has 0 saturated heterocycles. The number of thiazole rings is 1. The van der Waals surface area contributed by atoms with Crippen LogP contribution in [0.3, 0.4) is 0 Å². The summed E-state index contributed by atoms with van der Waals surface area (Å²) in [4.78, 5) is 15.8. The minimum atomic E-state index is -0.435. The molecule has 2 rings (SSSR count). The van der Waals surface area contributed by atoms with E-state index in [9.17, 15) is 4.79 Å². The zero-order valence-corrected chi connectivity index (χ0v) is 13.1. The molecule has 7 heteroatoms. The van der Waals surface area contributed by atoms with E-state index in [-0.39, 0.29) is 5.69 Å². The Bertz CT molecular complexity index is 586. The van der Waals surface area contributed by atoms with Crippen LogP contribution in [0, 0.1) is 0 Å². The maximum Gasteiger partial charge on any atom is 0.359 e. The van der Waals surface area contributed by atoms with Gasteiger partial charge in [-0.05, 0) is 47.1 Å². The first-order chi connectivity index (χ1) is 9.10. The van der Waals surface area contributed by atoms with E-state index < -0.39 is 5.97 Å². The van der Waals surface area contributed by atoms with Gasteiger partial charge in [0.2, 0.25) is 0 Å². The van der Waals surface area contributed by atoms with Crippen molar-refractivity contribution in [2.75, 3.05) is 11.9 Å². The summed E-state index contributed by atoms with van der Waals surface area (Å²) in [7, 11) is 0. The number of anilines is 2. The Morgan fingerprint density at radius 2 is 2.16 bits per heavy atom. The first-order valence-corrected chi connectivity index (χ1v) is 7.45. The summed E-state index contributed by atoms with van der Waals surface area (Å²) in [5, 5.41) is 4.37. The second kappa shape index (κ2) is 6.36. The second-order valence-electron chi connectivity index (χ2n) is 3.49. The van der Waals surface area contributed by atoms with Crippen molar-refractivity contribution in [3.63, 3.8) is 0 Å². The molecular weight excluding hydrogens is 352 g/mol. The van der Waals surface area contributed by atoms with E-state index in [1.807, 2.05) is 12.1 Å². The maximum absolute atomic E-state index is 11.6. The van der Waals surface area contributed by atoms with Gasteiger partial charge in [-0.2, -0.15) is 0 Å². The normalized spacial score (nSPS) is 10.3. The van der Waals surface area contributed by atoms with Crippen LogP contribution in [0.2, 0.25) is 5.02 Å². The summed E-state index contributed by atoms with van der Waals surface area (Å²) in [5.41, 5.74) is 1.13. The van der Waals surface area contributed by atoms with Crippen LogP contribution in [0.5, 0.6) is 0 Å². The molecule has 0 aliphatic heterocycles. The third kappa shape index (κ3) is 3.68. The Morgan fingerprint density at radius 1 is 1.47 bits per heavy atom. The van der Waals surface area contributed by atoms with Gasteiger partial charge in [0.1, 0.15) is 3.79 Å². The number of carbonyl (C=O) groups excluding carboxylic acids is 1. The average Bonchev–Trinajstić information content (AvgIpc) is 2.74. The standard InChI is InChI=1S/C12H10BrClN2O2S/c1-2-18-11(17)9-10(13)19-12(16-9)15-8-5-3-7(14)4-6-8/h3-6H,2H2,1H3,(H,15,16). The number of hydrogen-bond donors (Lipinski definition) is 1. The predicted molar refractivity (Wildman–Crippen MR) is 80.5 cm³/mol. The van der Waals surface area contributed by atoms with Gasteiger partial charge >= 0.3 is 5.97 Å². The minimum Gasteiger partial charge on any atom is -0.461 e. The lowest BCUT2D eigenvalue weighted by molar-refractivity contribution is 0.0519. The highest BCUT2D eigenvalue weighted by Gasteiger charge is 2.17. The molecule has 0 aliphatic rings. The molecule has 0 fully saturated rings. The highest BCUT2D eigenvalue weighted by atomic mass is 79.9. The molecule has 100 valence electrons. The summed E-state index contributed by atoms with van der Waals surface area (Å²) in [6, 6.07) is 7.22. The van der Waals surface area contributed by atoms with Gasteiger partial charge in [0.15, 0.2) is 10.8 Å². The van der Waals surface area contributed by atoms with Crippen LogP contribution >= 0.6 is 38.9 Å². The van der Waals surface area contributed by atoms with Gasteiger partial charge in [-0.3, -0.25) is 0 Å². The van der Waals surface area contributed by atoms with Gasteiger partial charge < -0.3 is 10.1 Å². The SMILES string of the molecule is CCOC(=O)c1nc(Nc2ccc(Cl)cc2)sc1Br. The molecule has 0 spiro atoms. The van der Waals surface area contributed by atoms with Crippen LogP contribution in [0.1, 0.15) is 17.4 Å². The molecule has 1 aromatic carbocycles. The Kier molecular flexibility index (Phi) is 4.79. The van der Waals surface area contributed by atoms with Gasteiger partial charge in [-0.1, -0.05) is 22.9 Å². The zero-order chi connectivity index (χ0) is 13.8. The molecule has 4 nitrogen and oxygen atoms in total. The number of carbonyl (C=O) groups is 1. The van der Waals surface area contributed by atoms with Gasteiger partial charge in [0.05, 0.1) is 6.61 Å². The molecule has 2 aromatic rings. The predicted octanol–water partition coefficient (Wildman–Crippen LogP) is 4.48. The number of nitrogens with one attached hydrogen (secondary N) is 1.